The molecular formula is C52H107NO7P+. The van der Waals surface area contributed by atoms with Gasteiger partial charge in [0.25, 0.3) is 0 Å². The van der Waals surface area contributed by atoms with Gasteiger partial charge in [0.1, 0.15) is 19.3 Å². The lowest BCUT2D eigenvalue weighted by Gasteiger charge is -2.24. The Kier molecular flexibility index (Phi) is 45.7. The Morgan fingerprint density at radius 3 is 1.08 bits per heavy atom. The molecule has 1 N–H and O–H groups in total. The van der Waals surface area contributed by atoms with E-state index in [0.29, 0.717) is 24.1 Å². The Morgan fingerprint density at radius 1 is 0.443 bits per heavy atom. The van der Waals surface area contributed by atoms with E-state index in [2.05, 4.69) is 13.8 Å². The normalized spacial score (nSPS) is 13.5. The smallest absolute Gasteiger partial charge is 0.457 e. The van der Waals surface area contributed by atoms with Crippen LogP contribution in [-0.2, 0) is 27.9 Å². The lowest BCUT2D eigenvalue weighted by molar-refractivity contribution is -0.870. The second-order valence-electron chi connectivity index (χ2n) is 19.6. The molecule has 0 rings (SSSR count). The van der Waals surface area contributed by atoms with E-state index < -0.39 is 13.9 Å². The van der Waals surface area contributed by atoms with Crippen LogP contribution in [0.5, 0.6) is 0 Å². The van der Waals surface area contributed by atoms with Crippen molar-refractivity contribution in [2.75, 3.05) is 54.1 Å². The van der Waals surface area contributed by atoms with E-state index in [1.807, 2.05) is 21.1 Å². The lowest BCUT2D eigenvalue weighted by Crippen LogP contribution is -2.37. The molecule has 8 nitrogen and oxygen atoms in total. The molecule has 61 heavy (non-hydrogen) atoms. The molecule has 0 aliphatic heterocycles. The van der Waals surface area contributed by atoms with Gasteiger partial charge in [-0.05, 0) is 12.8 Å². The topological polar surface area (TPSA) is 91.3 Å². The molecule has 0 bridgehead atoms. The highest BCUT2D eigenvalue weighted by Crippen LogP contribution is 2.43. The van der Waals surface area contributed by atoms with Gasteiger partial charge < -0.3 is 18.9 Å². The molecule has 0 aromatic heterocycles. The predicted molar refractivity (Wildman–Crippen MR) is 261 cm³/mol. The number of likely N-dealkylation sites (N-methyl/N-ethyl adjacent to an activating group) is 1. The van der Waals surface area contributed by atoms with Crippen molar-refractivity contribution in [3.05, 3.63) is 0 Å². The van der Waals surface area contributed by atoms with Gasteiger partial charge in [0.15, 0.2) is 0 Å². The first kappa shape index (κ1) is 60.5. The van der Waals surface area contributed by atoms with Gasteiger partial charge in [-0.2, -0.15) is 0 Å². The number of phosphoric ester groups is 1. The van der Waals surface area contributed by atoms with Gasteiger partial charge in [0, 0.05) is 13.0 Å². The van der Waals surface area contributed by atoms with Crippen molar-refractivity contribution in [2.24, 2.45) is 0 Å². The summed E-state index contributed by atoms with van der Waals surface area (Å²) >= 11 is 0. The summed E-state index contributed by atoms with van der Waals surface area (Å²) in [5, 5.41) is 0. The average molecular weight is 889 g/mol. The summed E-state index contributed by atoms with van der Waals surface area (Å²) in [6.07, 6.45) is 51.5. The van der Waals surface area contributed by atoms with Gasteiger partial charge in [0.2, 0.25) is 0 Å². The monoisotopic (exact) mass is 889 g/mol. The van der Waals surface area contributed by atoms with Gasteiger partial charge in [-0.15, -0.1) is 0 Å². The maximum Gasteiger partial charge on any atom is 0.472 e. The number of hydrogen-bond acceptors (Lipinski definition) is 6. The summed E-state index contributed by atoms with van der Waals surface area (Å²) in [6.45, 7) is 5.71. The number of unbranched alkanes of at least 4 members (excludes halogenated alkanes) is 37. The molecule has 0 fully saturated rings. The van der Waals surface area contributed by atoms with E-state index in [1.165, 1.54) is 218 Å². The highest BCUT2D eigenvalue weighted by atomic mass is 31.2. The molecule has 0 aromatic carbocycles. The fourth-order valence-electron chi connectivity index (χ4n) is 8.03. The van der Waals surface area contributed by atoms with Crippen molar-refractivity contribution in [3.63, 3.8) is 0 Å². The van der Waals surface area contributed by atoms with Crippen molar-refractivity contribution >= 4 is 13.8 Å². The van der Waals surface area contributed by atoms with Crippen LogP contribution in [-0.4, -0.2) is 75.6 Å². The van der Waals surface area contributed by atoms with Crippen molar-refractivity contribution < 1.29 is 37.3 Å². The van der Waals surface area contributed by atoms with Gasteiger partial charge in [-0.25, -0.2) is 4.57 Å². The summed E-state index contributed by atoms with van der Waals surface area (Å²) < 4.78 is 35.2. The highest BCUT2D eigenvalue weighted by Gasteiger charge is 2.26. The fourth-order valence-corrected chi connectivity index (χ4v) is 8.77. The molecule has 1 unspecified atom stereocenters. The highest BCUT2D eigenvalue weighted by molar-refractivity contribution is 7.47. The van der Waals surface area contributed by atoms with E-state index in [-0.39, 0.29) is 25.8 Å². The molecule has 0 aliphatic carbocycles. The van der Waals surface area contributed by atoms with E-state index >= 15 is 0 Å². The van der Waals surface area contributed by atoms with Crippen molar-refractivity contribution in [1.82, 2.24) is 0 Å². The minimum absolute atomic E-state index is 0.0943. The van der Waals surface area contributed by atoms with Crippen LogP contribution >= 0.6 is 7.82 Å². The summed E-state index contributed by atoms with van der Waals surface area (Å²) in [7, 11) is 1.69. The molecule has 0 amide bonds. The van der Waals surface area contributed by atoms with Crippen LogP contribution in [0.3, 0.4) is 0 Å². The number of carbonyl (C=O) groups excluding carboxylic acids is 1. The Hall–Kier alpha value is -0.500. The molecular weight excluding hydrogens is 782 g/mol. The predicted octanol–water partition coefficient (Wildman–Crippen LogP) is 16.4. The van der Waals surface area contributed by atoms with E-state index in [0.717, 1.165) is 32.1 Å². The summed E-state index contributed by atoms with van der Waals surface area (Å²) in [5.41, 5.74) is 0. The fraction of sp³-hybridized carbons (Fsp3) is 0.981. The molecule has 0 spiro atoms. The quantitative estimate of drug-likeness (QED) is 0.0281. The van der Waals surface area contributed by atoms with Gasteiger partial charge >= 0.3 is 13.8 Å². The number of phosphoric acid groups is 1. The van der Waals surface area contributed by atoms with E-state index in [1.54, 1.807) is 0 Å². The van der Waals surface area contributed by atoms with Crippen LogP contribution in [0.25, 0.3) is 0 Å². The van der Waals surface area contributed by atoms with Crippen molar-refractivity contribution in [2.45, 2.75) is 277 Å². The average Bonchev–Trinajstić information content (AvgIpc) is 3.22. The van der Waals surface area contributed by atoms with Crippen LogP contribution in [0.1, 0.15) is 271 Å². The number of ether oxygens (including phenoxy) is 2. The van der Waals surface area contributed by atoms with E-state index in [4.69, 9.17) is 18.5 Å². The summed E-state index contributed by atoms with van der Waals surface area (Å²) in [4.78, 5) is 23.0. The second-order valence-corrected chi connectivity index (χ2v) is 21.1. The SMILES string of the molecule is CCCCCCCCCCCCCCCCCCCCCCCC(=O)O[C@H](COCCCCCCCCCCCCCCCCCCCC)COP(=O)(O)OCC[N+](C)(C)C. The first-order valence-electron chi connectivity index (χ1n) is 26.8. The molecule has 0 saturated heterocycles. The summed E-state index contributed by atoms with van der Waals surface area (Å²) in [6, 6.07) is 0. The Bertz CT molecular complexity index is 945. The van der Waals surface area contributed by atoms with Crippen LogP contribution < -0.4 is 0 Å². The third-order valence-electron chi connectivity index (χ3n) is 12.2. The van der Waals surface area contributed by atoms with E-state index in [9.17, 15) is 14.3 Å². The number of esters is 1. The number of hydrogen-bond donors (Lipinski definition) is 1. The van der Waals surface area contributed by atoms with Crippen LogP contribution in [0.15, 0.2) is 0 Å². The third kappa shape index (κ3) is 50.4. The zero-order valence-corrected chi connectivity index (χ0v) is 42.6. The molecule has 0 saturated carbocycles. The van der Waals surface area contributed by atoms with Crippen LogP contribution in [0.2, 0.25) is 0 Å². The van der Waals surface area contributed by atoms with Crippen LogP contribution in [0, 0.1) is 0 Å². The van der Waals surface area contributed by atoms with Gasteiger partial charge in [-0.3, -0.25) is 13.8 Å². The largest absolute Gasteiger partial charge is 0.472 e. The first-order chi connectivity index (χ1) is 29.6. The third-order valence-corrected chi connectivity index (χ3v) is 13.2. The second kappa shape index (κ2) is 46.0. The Labute approximate surface area is 380 Å². The molecule has 0 aromatic rings. The van der Waals surface area contributed by atoms with Crippen molar-refractivity contribution in [1.29, 1.82) is 0 Å². The molecule has 0 heterocycles. The minimum atomic E-state index is -4.27. The number of quaternary nitrogens is 1. The van der Waals surface area contributed by atoms with Gasteiger partial charge in [-0.1, -0.05) is 251 Å². The van der Waals surface area contributed by atoms with Crippen LogP contribution in [0.4, 0.5) is 0 Å². The molecule has 366 valence electrons. The summed E-state index contributed by atoms with van der Waals surface area (Å²) in [5.74, 6) is -0.304. The minimum Gasteiger partial charge on any atom is -0.457 e. The maximum atomic E-state index is 12.8. The number of carbonyl (C=O) groups is 1. The Balaban J connectivity index is 4.06. The molecule has 0 aliphatic rings. The zero-order chi connectivity index (χ0) is 44.8. The zero-order valence-electron chi connectivity index (χ0n) is 41.7. The van der Waals surface area contributed by atoms with Crippen molar-refractivity contribution in [3.8, 4) is 0 Å². The standard InChI is InChI=1S/C52H106NO7P/c1-6-8-10-12-14-16-18-20-22-24-26-27-28-29-31-33-35-37-39-41-43-45-52(54)60-51(50-59-61(55,56)58-48-46-53(3,4)5)49-57-47-44-42-40-38-36-34-32-30-25-23-21-19-17-15-13-11-9-7-2/h51H,6-50H2,1-5H3/p+1/t51-/m1/s1. The molecule has 9 heteroatoms. The first-order valence-corrected chi connectivity index (χ1v) is 28.3. The maximum absolute atomic E-state index is 12.8. The molecule has 2 atom stereocenters. The Morgan fingerprint density at radius 2 is 0.754 bits per heavy atom. The lowest BCUT2D eigenvalue weighted by atomic mass is 10.0. The number of nitrogens with zero attached hydrogens (tertiary/aromatic N) is 1. The number of rotatable bonds is 51. The van der Waals surface area contributed by atoms with Gasteiger partial charge in [0.05, 0.1) is 34.4 Å². The molecule has 0 radical (unpaired) electrons.